The van der Waals surface area contributed by atoms with Crippen LogP contribution in [0, 0.1) is 12.8 Å². The van der Waals surface area contributed by atoms with Crippen LogP contribution in [0.15, 0.2) is 42.7 Å². The standard InChI is InChI=1S/C19H23N3O/c1-14-20-9-11-21(14)13-16-8-5-10-22(16)19(23)18-12-17(18)15-6-3-2-4-7-15/h2-4,6-7,9,11,16-18H,5,8,10,12-13H2,1H3/t16?,17-,18+/m1/s1. The van der Waals surface area contributed by atoms with Gasteiger partial charge in [0.15, 0.2) is 0 Å². The van der Waals surface area contributed by atoms with Crippen LogP contribution in [0.25, 0.3) is 0 Å². The summed E-state index contributed by atoms with van der Waals surface area (Å²) in [4.78, 5) is 19.3. The lowest BCUT2D eigenvalue weighted by Crippen LogP contribution is -2.39. The quantitative estimate of drug-likeness (QED) is 0.871. The zero-order valence-electron chi connectivity index (χ0n) is 13.6. The highest BCUT2D eigenvalue weighted by atomic mass is 16.2. The Balaban J connectivity index is 1.43. The first-order valence-electron chi connectivity index (χ1n) is 8.57. The minimum absolute atomic E-state index is 0.196. The fourth-order valence-corrected chi connectivity index (χ4v) is 3.89. The van der Waals surface area contributed by atoms with E-state index >= 15 is 0 Å². The summed E-state index contributed by atoms with van der Waals surface area (Å²) >= 11 is 0. The van der Waals surface area contributed by atoms with E-state index in [4.69, 9.17) is 0 Å². The first-order valence-corrected chi connectivity index (χ1v) is 8.57. The van der Waals surface area contributed by atoms with Crippen LogP contribution in [0.3, 0.4) is 0 Å². The molecule has 1 unspecified atom stereocenters. The molecule has 1 aromatic heterocycles. The highest BCUT2D eigenvalue weighted by Crippen LogP contribution is 2.49. The highest BCUT2D eigenvalue weighted by molar-refractivity contribution is 5.83. The average molecular weight is 309 g/mol. The summed E-state index contributed by atoms with van der Waals surface area (Å²) in [5.41, 5.74) is 1.31. The lowest BCUT2D eigenvalue weighted by atomic mass is 10.1. The molecule has 0 N–H and O–H groups in total. The van der Waals surface area contributed by atoms with Gasteiger partial charge in [0.05, 0.1) is 0 Å². The monoisotopic (exact) mass is 309 g/mol. The summed E-state index contributed by atoms with van der Waals surface area (Å²) in [6.07, 6.45) is 7.08. The molecule has 1 aliphatic carbocycles. The molecule has 4 rings (SSSR count). The summed E-state index contributed by atoms with van der Waals surface area (Å²) in [6, 6.07) is 10.8. The van der Waals surface area contributed by atoms with Crippen molar-refractivity contribution in [2.75, 3.05) is 6.54 Å². The van der Waals surface area contributed by atoms with Gasteiger partial charge in [-0.25, -0.2) is 4.98 Å². The summed E-state index contributed by atoms with van der Waals surface area (Å²) < 4.78 is 2.16. The van der Waals surface area contributed by atoms with Gasteiger partial charge in [0, 0.05) is 37.4 Å². The van der Waals surface area contributed by atoms with Gasteiger partial charge in [-0.1, -0.05) is 30.3 Å². The van der Waals surface area contributed by atoms with Gasteiger partial charge in [-0.3, -0.25) is 4.79 Å². The van der Waals surface area contributed by atoms with E-state index in [1.54, 1.807) is 0 Å². The molecule has 2 fully saturated rings. The topological polar surface area (TPSA) is 38.1 Å². The number of benzene rings is 1. The number of hydrogen-bond donors (Lipinski definition) is 0. The molecule has 0 spiro atoms. The lowest BCUT2D eigenvalue weighted by molar-refractivity contribution is -0.133. The number of aromatic nitrogens is 2. The lowest BCUT2D eigenvalue weighted by Gasteiger charge is -2.25. The van der Waals surface area contributed by atoms with Crippen LogP contribution >= 0.6 is 0 Å². The van der Waals surface area contributed by atoms with Crippen molar-refractivity contribution < 1.29 is 4.79 Å². The molecule has 0 radical (unpaired) electrons. The first kappa shape index (κ1) is 14.5. The van der Waals surface area contributed by atoms with Crippen LogP contribution in [0.1, 0.15) is 36.6 Å². The molecule has 2 aliphatic rings. The Kier molecular flexibility index (Phi) is 3.68. The third-order valence-electron chi connectivity index (χ3n) is 5.33. The number of carbonyl (C=O) groups excluding carboxylic acids is 1. The Morgan fingerprint density at radius 3 is 2.87 bits per heavy atom. The van der Waals surface area contributed by atoms with Gasteiger partial charge in [0.1, 0.15) is 5.82 Å². The van der Waals surface area contributed by atoms with Gasteiger partial charge >= 0.3 is 0 Å². The van der Waals surface area contributed by atoms with E-state index in [9.17, 15) is 4.79 Å². The number of carbonyl (C=O) groups is 1. The van der Waals surface area contributed by atoms with E-state index in [-0.39, 0.29) is 5.92 Å². The van der Waals surface area contributed by atoms with Crippen LogP contribution in [-0.4, -0.2) is 32.9 Å². The van der Waals surface area contributed by atoms with Crippen LogP contribution in [0.4, 0.5) is 0 Å². The number of likely N-dealkylation sites (tertiary alicyclic amines) is 1. The Morgan fingerprint density at radius 2 is 2.13 bits per heavy atom. The third-order valence-corrected chi connectivity index (χ3v) is 5.33. The van der Waals surface area contributed by atoms with Gasteiger partial charge in [-0.15, -0.1) is 0 Å². The fourth-order valence-electron chi connectivity index (χ4n) is 3.89. The van der Waals surface area contributed by atoms with Gasteiger partial charge in [0.2, 0.25) is 5.91 Å². The second kappa shape index (κ2) is 5.84. The summed E-state index contributed by atoms with van der Waals surface area (Å²) in [5.74, 6) is 2.01. The molecule has 1 amide bonds. The second-order valence-electron chi connectivity index (χ2n) is 6.81. The van der Waals surface area contributed by atoms with Crippen LogP contribution in [0.2, 0.25) is 0 Å². The first-order chi connectivity index (χ1) is 11.2. The number of rotatable bonds is 4. The Hall–Kier alpha value is -2.10. The largest absolute Gasteiger partial charge is 0.338 e. The summed E-state index contributed by atoms with van der Waals surface area (Å²) in [7, 11) is 0. The highest BCUT2D eigenvalue weighted by Gasteiger charge is 2.47. The third kappa shape index (κ3) is 2.78. The SMILES string of the molecule is Cc1nccn1CC1CCCN1C(=O)[C@H]1C[C@@H]1c1ccccc1. The van der Waals surface area contributed by atoms with Crippen molar-refractivity contribution in [1.29, 1.82) is 0 Å². The molecule has 1 saturated heterocycles. The molecule has 1 aromatic carbocycles. The van der Waals surface area contributed by atoms with E-state index in [0.717, 1.165) is 38.2 Å². The molecule has 3 atom stereocenters. The van der Waals surface area contributed by atoms with Crippen molar-refractivity contribution in [2.24, 2.45) is 5.92 Å². The maximum absolute atomic E-state index is 12.9. The molecule has 4 heteroatoms. The fraction of sp³-hybridized carbons (Fsp3) is 0.474. The summed E-state index contributed by atoms with van der Waals surface area (Å²) in [6.45, 7) is 3.81. The van der Waals surface area contributed by atoms with Crippen molar-refractivity contribution in [1.82, 2.24) is 14.5 Å². The normalized spacial score (nSPS) is 26.5. The Labute approximate surface area is 137 Å². The average Bonchev–Trinajstić information content (AvgIpc) is 3.08. The van der Waals surface area contributed by atoms with Crippen molar-refractivity contribution in [3.63, 3.8) is 0 Å². The van der Waals surface area contributed by atoms with Gasteiger partial charge in [-0.05, 0) is 37.7 Å². The molecule has 2 heterocycles. The van der Waals surface area contributed by atoms with E-state index < -0.39 is 0 Å². The number of imidazole rings is 1. The molecule has 4 nitrogen and oxygen atoms in total. The predicted octanol–water partition coefficient (Wildman–Crippen LogP) is 2.99. The smallest absolute Gasteiger partial charge is 0.226 e. The van der Waals surface area contributed by atoms with Crippen molar-refractivity contribution in [3.8, 4) is 0 Å². The van der Waals surface area contributed by atoms with Crippen LogP contribution in [0.5, 0.6) is 0 Å². The van der Waals surface area contributed by atoms with Crippen molar-refractivity contribution in [3.05, 3.63) is 54.1 Å². The van der Waals surface area contributed by atoms with Crippen molar-refractivity contribution >= 4 is 5.91 Å². The molecule has 1 aliphatic heterocycles. The van der Waals surface area contributed by atoms with Crippen LogP contribution < -0.4 is 0 Å². The molecule has 0 bridgehead atoms. The number of amides is 1. The second-order valence-corrected chi connectivity index (χ2v) is 6.81. The summed E-state index contributed by atoms with van der Waals surface area (Å²) in [5, 5.41) is 0. The minimum Gasteiger partial charge on any atom is -0.338 e. The molecule has 120 valence electrons. The van der Waals surface area contributed by atoms with Crippen molar-refractivity contribution in [2.45, 2.75) is 44.7 Å². The predicted molar refractivity (Wildman–Crippen MR) is 89.0 cm³/mol. The van der Waals surface area contributed by atoms with Gasteiger partial charge in [-0.2, -0.15) is 0 Å². The maximum Gasteiger partial charge on any atom is 0.226 e. The molecule has 23 heavy (non-hydrogen) atoms. The van der Waals surface area contributed by atoms with Gasteiger partial charge < -0.3 is 9.47 Å². The number of hydrogen-bond acceptors (Lipinski definition) is 2. The Morgan fingerprint density at radius 1 is 1.30 bits per heavy atom. The number of aryl methyl sites for hydroxylation is 1. The van der Waals surface area contributed by atoms with Gasteiger partial charge in [0.25, 0.3) is 0 Å². The maximum atomic E-state index is 12.9. The Bertz CT molecular complexity index is 694. The van der Waals surface area contributed by atoms with E-state index in [0.29, 0.717) is 17.9 Å². The molecular weight excluding hydrogens is 286 g/mol. The minimum atomic E-state index is 0.196. The zero-order valence-corrected chi connectivity index (χ0v) is 13.6. The van der Waals surface area contributed by atoms with E-state index in [1.807, 2.05) is 25.4 Å². The van der Waals surface area contributed by atoms with E-state index in [1.165, 1.54) is 5.56 Å². The van der Waals surface area contributed by atoms with Crippen LogP contribution in [-0.2, 0) is 11.3 Å². The molecule has 1 saturated carbocycles. The number of nitrogens with zero attached hydrogens (tertiary/aromatic N) is 3. The van der Waals surface area contributed by atoms with E-state index in [2.05, 4.69) is 38.7 Å². The molecule has 2 aromatic rings. The zero-order chi connectivity index (χ0) is 15.8. The molecular formula is C19H23N3O.